The van der Waals surface area contributed by atoms with Gasteiger partial charge in [-0.2, -0.15) is 0 Å². The highest BCUT2D eigenvalue weighted by molar-refractivity contribution is 6.02. The van der Waals surface area contributed by atoms with Crippen LogP contribution in [0.3, 0.4) is 0 Å². The van der Waals surface area contributed by atoms with Gasteiger partial charge in [0.05, 0.1) is 11.9 Å². The summed E-state index contributed by atoms with van der Waals surface area (Å²) >= 11 is 0. The summed E-state index contributed by atoms with van der Waals surface area (Å²) in [5, 5.41) is 8.40. The highest BCUT2D eigenvalue weighted by atomic mass is 16.2. The van der Waals surface area contributed by atoms with E-state index in [-0.39, 0.29) is 34.8 Å². The summed E-state index contributed by atoms with van der Waals surface area (Å²) < 4.78 is 0. The van der Waals surface area contributed by atoms with Gasteiger partial charge in [0.25, 0.3) is 11.8 Å². The predicted octanol–water partition coefficient (Wildman–Crippen LogP) is 0.924. The van der Waals surface area contributed by atoms with E-state index in [1.165, 1.54) is 6.20 Å². The second-order valence-electron chi connectivity index (χ2n) is 6.84. The molecule has 1 atom stereocenters. The molecule has 0 radical (unpaired) electrons. The molecule has 0 aromatic carbocycles. The van der Waals surface area contributed by atoms with Crippen LogP contribution in [-0.4, -0.2) is 18.0 Å². The summed E-state index contributed by atoms with van der Waals surface area (Å²) in [6.45, 7) is 10.1. The monoisotopic (exact) mass is 294 g/mol. The summed E-state index contributed by atoms with van der Waals surface area (Å²) in [6, 6.07) is 0. The van der Waals surface area contributed by atoms with Crippen LogP contribution in [0.25, 0.3) is 0 Å². The zero-order chi connectivity index (χ0) is 16.2. The number of carbonyl (C=O) groups excluding carboxylic acids is 2. The lowest BCUT2D eigenvalue weighted by atomic mass is 9.90. The van der Waals surface area contributed by atoms with Crippen LogP contribution in [0.5, 0.6) is 0 Å². The van der Waals surface area contributed by atoms with E-state index < -0.39 is 5.91 Å². The van der Waals surface area contributed by atoms with Gasteiger partial charge in [-0.1, -0.05) is 40.7 Å². The second kappa shape index (κ2) is 6.65. The minimum atomic E-state index is -0.471. The average molecular weight is 294 g/mol. The Kier molecular flexibility index (Phi) is 5.41. The zero-order valence-corrected chi connectivity index (χ0v) is 13.4. The predicted molar refractivity (Wildman–Crippen MR) is 82.5 cm³/mol. The van der Waals surface area contributed by atoms with Crippen LogP contribution in [0.1, 0.15) is 41.0 Å². The van der Waals surface area contributed by atoms with Crippen LogP contribution < -0.4 is 21.7 Å². The lowest BCUT2D eigenvalue weighted by Crippen LogP contribution is -2.52. The fourth-order valence-electron chi connectivity index (χ4n) is 1.97. The summed E-state index contributed by atoms with van der Waals surface area (Å²) in [6.07, 6.45) is 3.82. The minimum absolute atomic E-state index is 0.0873. The van der Waals surface area contributed by atoms with Gasteiger partial charge in [-0.05, 0) is 17.8 Å². The first-order valence-electron chi connectivity index (χ1n) is 7.14. The first-order valence-corrected chi connectivity index (χ1v) is 7.14. The molecule has 1 aliphatic rings. The molecule has 0 saturated carbocycles. The third kappa shape index (κ3) is 5.89. The van der Waals surface area contributed by atoms with E-state index >= 15 is 0 Å². The van der Waals surface area contributed by atoms with Crippen molar-refractivity contribution < 1.29 is 9.59 Å². The Labute approximate surface area is 126 Å². The van der Waals surface area contributed by atoms with Gasteiger partial charge in [-0.25, -0.2) is 0 Å². The van der Waals surface area contributed by atoms with E-state index in [0.29, 0.717) is 0 Å². The smallest absolute Gasteiger partial charge is 0.271 e. The second-order valence-corrected chi connectivity index (χ2v) is 6.84. The fourth-order valence-corrected chi connectivity index (χ4v) is 1.97. The van der Waals surface area contributed by atoms with Gasteiger partial charge in [0.1, 0.15) is 5.70 Å². The molecule has 0 aromatic heterocycles. The standard InChI is InChI=1S/C15H26N4O2/c1-9(2)6-10(16)13(20)18-11-8-17-12(19-14(11)21)7-15(3,4)5/h6,8-9,12,17H,7,16H2,1-5H3,(H,18,20)(H,19,21)/b10-6+. The van der Waals surface area contributed by atoms with Crippen LogP contribution in [-0.2, 0) is 9.59 Å². The molecule has 1 rings (SSSR count). The molecule has 0 bridgehead atoms. The zero-order valence-electron chi connectivity index (χ0n) is 13.4. The van der Waals surface area contributed by atoms with Crippen molar-refractivity contribution in [3.05, 3.63) is 23.7 Å². The van der Waals surface area contributed by atoms with E-state index in [9.17, 15) is 9.59 Å². The molecule has 0 fully saturated rings. The van der Waals surface area contributed by atoms with Crippen molar-refractivity contribution in [3.63, 3.8) is 0 Å². The third-order valence-electron chi connectivity index (χ3n) is 2.82. The molecular formula is C15H26N4O2. The molecule has 118 valence electrons. The van der Waals surface area contributed by atoms with Crippen LogP contribution >= 0.6 is 0 Å². The maximum atomic E-state index is 12.0. The maximum absolute atomic E-state index is 12.0. The minimum Gasteiger partial charge on any atom is -0.395 e. The summed E-state index contributed by atoms with van der Waals surface area (Å²) in [7, 11) is 0. The van der Waals surface area contributed by atoms with Crippen LogP contribution in [0, 0.1) is 11.3 Å². The summed E-state index contributed by atoms with van der Waals surface area (Å²) in [5.41, 5.74) is 6.03. The molecule has 0 aliphatic carbocycles. The molecule has 6 heteroatoms. The van der Waals surface area contributed by atoms with E-state index in [1.54, 1.807) is 6.08 Å². The van der Waals surface area contributed by atoms with Crippen molar-refractivity contribution in [2.24, 2.45) is 17.1 Å². The lowest BCUT2D eigenvalue weighted by Gasteiger charge is -2.30. The first-order chi connectivity index (χ1) is 9.58. The molecule has 5 N–H and O–H groups in total. The average Bonchev–Trinajstić information content (AvgIpc) is 2.29. The van der Waals surface area contributed by atoms with Crippen molar-refractivity contribution in [1.82, 2.24) is 16.0 Å². The lowest BCUT2D eigenvalue weighted by molar-refractivity contribution is -0.122. The number of nitrogens with two attached hydrogens (primary N) is 1. The molecule has 0 saturated heterocycles. The van der Waals surface area contributed by atoms with Gasteiger partial charge in [-0.3, -0.25) is 9.59 Å². The summed E-state index contributed by atoms with van der Waals surface area (Å²) in [4.78, 5) is 23.8. The van der Waals surface area contributed by atoms with Crippen molar-refractivity contribution in [2.45, 2.75) is 47.2 Å². The van der Waals surface area contributed by atoms with Crippen molar-refractivity contribution in [3.8, 4) is 0 Å². The van der Waals surface area contributed by atoms with Gasteiger partial charge in [0, 0.05) is 6.20 Å². The maximum Gasteiger partial charge on any atom is 0.271 e. The quantitative estimate of drug-likeness (QED) is 0.580. The molecule has 1 aliphatic heterocycles. The molecule has 2 amide bonds. The molecule has 1 heterocycles. The Bertz CT molecular complexity index is 473. The van der Waals surface area contributed by atoms with Crippen molar-refractivity contribution >= 4 is 11.8 Å². The Morgan fingerprint density at radius 3 is 2.57 bits per heavy atom. The number of rotatable bonds is 4. The Hall–Kier alpha value is -1.98. The Morgan fingerprint density at radius 2 is 2.10 bits per heavy atom. The topological polar surface area (TPSA) is 96.2 Å². The molecular weight excluding hydrogens is 268 g/mol. The van der Waals surface area contributed by atoms with E-state index in [2.05, 4.69) is 36.7 Å². The van der Waals surface area contributed by atoms with E-state index in [0.717, 1.165) is 6.42 Å². The molecule has 0 spiro atoms. The Balaban J connectivity index is 2.66. The molecule has 6 nitrogen and oxygen atoms in total. The van der Waals surface area contributed by atoms with Crippen LogP contribution in [0.2, 0.25) is 0 Å². The largest absolute Gasteiger partial charge is 0.395 e. The Morgan fingerprint density at radius 1 is 1.48 bits per heavy atom. The highest BCUT2D eigenvalue weighted by Crippen LogP contribution is 2.20. The summed E-state index contributed by atoms with van der Waals surface area (Å²) in [5.74, 6) is -0.617. The van der Waals surface area contributed by atoms with Gasteiger partial charge in [0.2, 0.25) is 0 Å². The van der Waals surface area contributed by atoms with Gasteiger partial charge < -0.3 is 21.7 Å². The van der Waals surface area contributed by atoms with Gasteiger partial charge in [0.15, 0.2) is 0 Å². The highest BCUT2D eigenvalue weighted by Gasteiger charge is 2.25. The molecule has 21 heavy (non-hydrogen) atoms. The number of hydrogen-bond acceptors (Lipinski definition) is 4. The van der Waals surface area contributed by atoms with Gasteiger partial charge in [-0.15, -0.1) is 0 Å². The number of amides is 2. The van der Waals surface area contributed by atoms with Gasteiger partial charge >= 0.3 is 0 Å². The van der Waals surface area contributed by atoms with E-state index in [4.69, 9.17) is 5.73 Å². The first kappa shape index (κ1) is 17.1. The number of carbonyl (C=O) groups is 2. The third-order valence-corrected chi connectivity index (χ3v) is 2.82. The number of hydrogen-bond donors (Lipinski definition) is 4. The van der Waals surface area contributed by atoms with E-state index in [1.807, 2.05) is 13.8 Å². The van der Waals surface area contributed by atoms with Crippen molar-refractivity contribution in [1.29, 1.82) is 0 Å². The van der Waals surface area contributed by atoms with Crippen molar-refractivity contribution in [2.75, 3.05) is 0 Å². The number of nitrogens with one attached hydrogen (secondary N) is 3. The van der Waals surface area contributed by atoms with Crippen LogP contribution in [0.15, 0.2) is 23.7 Å². The fraction of sp³-hybridized carbons (Fsp3) is 0.600. The SMILES string of the molecule is CC(C)/C=C(/N)C(=O)NC1=CNC(CC(C)(C)C)NC1=O. The molecule has 1 unspecified atom stereocenters. The normalized spacial score (nSPS) is 19.7. The van der Waals surface area contributed by atoms with Crippen LogP contribution in [0.4, 0.5) is 0 Å². The molecule has 0 aromatic rings. The number of allylic oxidation sites excluding steroid dienone is 1.